The van der Waals surface area contributed by atoms with E-state index in [4.69, 9.17) is 11.6 Å². The van der Waals surface area contributed by atoms with Gasteiger partial charge in [-0.3, -0.25) is 9.00 Å². The molecule has 0 aromatic heterocycles. The lowest BCUT2D eigenvalue weighted by Gasteiger charge is -2.06. The van der Waals surface area contributed by atoms with Crippen molar-refractivity contribution in [1.82, 2.24) is 5.32 Å². The summed E-state index contributed by atoms with van der Waals surface area (Å²) in [6, 6.07) is 13.8. The topological polar surface area (TPSA) is 66.4 Å². The molecule has 0 aliphatic heterocycles. The van der Waals surface area contributed by atoms with Crippen LogP contribution in [0.2, 0.25) is 5.02 Å². The molecule has 0 saturated carbocycles. The highest BCUT2D eigenvalue weighted by molar-refractivity contribution is 7.84. The lowest BCUT2D eigenvalue weighted by atomic mass is 10.2. The highest BCUT2D eigenvalue weighted by Crippen LogP contribution is 2.23. The first kappa shape index (κ1) is 16.5. The molecule has 0 unspecified atom stereocenters. The van der Waals surface area contributed by atoms with Crippen molar-refractivity contribution in [2.45, 2.75) is 5.75 Å². The maximum Gasteiger partial charge on any atom is 0.251 e. The Morgan fingerprint density at radius 3 is 2.59 bits per heavy atom. The Kier molecular flexibility index (Phi) is 5.98. The van der Waals surface area contributed by atoms with Crippen molar-refractivity contribution in [2.24, 2.45) is 0 Å². The maximum absolute atomic E-state index is 11.9. The van der Waals surface area contributed by atoms with Crippen LogP contribution >= 0.6 is 11.6 Å². The van der Waals surface area contributed by atoms with E-state index in [-0.39, 0.29) is 16.7 Å². The fourth-order valence-electron chi connectivity index (χ4n) is 1.86. The van der Waals surface area contributed by atoms with Crippen molar-refractivity contribution < 1.29 is 14.1 Å². The Hall–Kier alpha value is -1.85. The molecule has 0 heterocycles. The minimum atomic E-state index is -1.03. The molecule has 2 N–H and O–H groups in total. The van der Waals surface area contributed by atoms with Crippen LogP contribution < -0.4 is 5.32 Å². The highest BCUT2D eigenvalue weighted by Gasteiger charge is 2.09. The second-order valence-electron chi connectivity index (χ2n) is 4.70. The fraction of sp³-hybridized carbons (Fsp3) is 0.188. The minimum absolute atomic E-state index is 0.0674. The fourth-order valence-corrected chi connectivity index (χ4v) is 3.08. The summed E-state index contributed by atoms with van der Waals surface area (Å²) in [6.45, 7) is 0.316. The summed E-state index contributed by atoms with van der Waals surface area (Å²) in [4.78, 5) is 11.9. The Morgan fingerprint density at radius 2 is 1.91 bits per heavy atom. The zero-order valence-electron chi connectivity index (χ0n) is 11.8. The molecule has 2 aromatic carbocycles. The number of aromatic hydroxyl groups is 1. The second-order valence-corrected chi connectivity index (χ2v) is 6.68. The predicted molar refractivity (Wildman–Crippen MR) is 88.6 cm³/mol. The largest absolute Gasteiger partial charge is 0.506 e. The molecule has 0 spiro atoms. The van der Waals surface area contributed by atoms with Gasteiger partial charge in [-0.1, -0.05) is 41.9 Å². The van der Waals surface area contributed by atoms with E-state index in [9.17, 15) is 14.1 Å². The monoisotopic (exact) mass is 337 g/mol. The lowest BCUT2D eigenvalue weighted by Crippen LogP contribution is -2.27. The normalized spacial score (nSPS) is 11.9. The summed E-state index contributed by atoms with van der Waals surface area (Å²) in [7, 11) is -1.03. The van der Waals surface area contributed by atoms with Gasteiger partial charge < -0.3 is 10.4 Å². The van der Waals surface area contributed by atoms with Crippen LogP contribution in [0.5, 0.6) is 5.75 Å². The average Bonchev–Trinajstić information content (AvgIpc) is 2.51. The number of carbonyl (C=O) groups excluding carboxylic acids is 1. The third kappa shape index (κ3) is 4.86. The van der Waals surface area contributed by atoms with Crippen molar-refractivity contribution in [3.05, 3.63) is 64.7 Å². The summed E-state index contributed by atoms with van der Waals surface area (Å²) in [6.07, 6.45) is 0. The summed E-state index contributed by atoms with van der Waals surface area (Å²) < 4.78 is 11.9. The van der Waals surface area contributed by atoms with Crippen molar-refractivity contribution in [3.8, 4) is 5.75 Å². The van der Waals surface area contributed by atoms with Crippen LogP contribution in [0, 0.1) is 0 Å². The molecule has 0 fully saturated rings. The molecular formula is C16H16ClNO3S. The van der Waals surface area contributed by atoms with Crippen LogP contribution in [-0.4, -0.2) is 27.5 Å². The van der Waals surface area contributed by atoms with Gasteiger partial charge in [-0.15, -0.1) is 0 Å². The number of hydrogen-bond acceptors (Lipinski definition) is 3. The van der Waals surface area contributed by atoms with Gasteiger partial charge in [0.1, 0.15) is 5.75 Å². The number of amides is 1. The molecule has 1 amide bonds. The van der Waals surface area contributed by atoms with E-state index < -0.39 is 10.8 Å². The second kappa shape index (κ2) is 7.96. The Labute approximate surface area is 136 Å². The van der Waals surface area contributed by atoms with Crippen LogP contribution in [-0.2, 0) is 16.6 Å². The molecule has 2 aromatic rings. The molecule has 4 nitrogen and oxygen atoms in total. The van der Waals surface area contributed by atoms with Crippen molar-refractivity contribution in [1.29, 1.82) is 0 Å². The third-order valence-corrected chi connectivity index (χ3v) is 4.61. The smallest absolute Gasteiger partial charge is 0.251 e. The summed E-state index contributed by atoms with van der Waals surface area (Å²) >= 11 is 5.75. The number of halogens is 1. The molecule has 22 heavy (non-hydrogen) atoms. The standard InChI is InChI=1S/C16H16ClNO3S/c17-14-10-13(6-7-15(14)19)16(20)18-8-9-22(21)11-12-4-2-1-3-5-12/h1-7,10,19H,8-9,11H2,(H,18,20)/t22-/m0/s1. The van der Waals surface area contributed by atoms with Crippen molar-refractivity contribution in [3.63, 3.8) is 0 Å². The number of benzene rings is 2. The maximum atomic E-state index is 11.9. The summed E-state index contributed by atoms with van der Waals surface area (Å²) in [5.41, 5.74) is 1.37. The first-order chi connectivity index (χ1) is 10.6. The van der Waals surface area contributed by atoms with Gasteiger partial charge in [-0.25, -0.2) is 0 Å². The van der Waals surface area contributed by atoms with Gasteiger partial charge in [0.25, 0.3) is 5.91 Å². The summed E-state index contributed by atoms with van der Waals surface area (Å²) in [5, 5.41) is 12.1. The SMILES string of the molecule is O=C(NCC[S@](=O)Cc1ccccc1)c1ccc(O)c(Cl)c1. The van der Waals surface area contributed by atoms with E-state index >= 15 is 0 Å². The summed E-state index contributed by atoms with van der Waals surface area (Å²) in [5.74, 6) is 0.481. The Morgan fingerprint density at radius 1 is 1.18 bits per heavy atom. The quantitative estimate of drug-likeness (QED) is 0.851. The minimum Gasteiger partial charge on any atom is -0.506 e. The van der Waals surface area contributed by atoms with Gasteiger partial charge in [-0.05, 0) is 23.8 Å². The van der Waals surface area contributed by atoms with Crippen LogP contribution in [0.3, 0.4) is 0 Å². The van der Waals surface area contributed by atoms with Gasteiger partial charge in [-0.2, -0.15) is 0 Å². The van der Waals surface area contributed by atoms with Gasteiger partial charge >= 0.3 is 0 Å². The highest BCUT2D eigenvalue weighted by atomic mass is 35.5. The van der Waals surface area contributed by atoms with Gasteiger partial charge in [0.05, 0.1) is 5.02 Å². The van der Waals surface area contributed by atoms with E-state index in [0.29, 0.717) is 23.6 Å². The van der Waals surface area contributed by atoms with Gasteiger partial charge in [0, 0.05) is 34.4 Å². The molecule has 0 radical (unpaired) electrons. The zero-order valence-corrected chi connectivity index (χ0v) is 13.4. The number of nitrogens with one attached hydrogen (secondary N) is 1. The van der Waals surface area contributed by atoms with Gasteiger partial charge in [0.15, 0.2) is 0 Å². The molecule has 1 atom stereocenters. The zero-order chi connectivity index (χ0) is 15.9. The lowest BCUT2D eigenvalue weighted by molar-refractivity contribution is 0.0956. The molecule has 2 rings (SSSR count). The number of rotatable bonds is 6. The van der Waals surface area contributed by atoms with Crippen LogP contribution in [0.4, 0.5) is 0 Å². The molecular weight excluding hydrogens is 322 g/mol. The molecule has 0 bridgehead atoms. The number of phenols is 1. The molecule has 116 valence electrons. The van der Waals surface area contributed by atoms with E-state index in [1.165, 1.54) is 18.2 Å². The van der Waals surface area contributed by atoms with Crippen molar-refractivity contribution in [2.75, 3.05) is 12.3 Å². The van der Waals surface area contributed by atoms with Crippen LogP contribution in [0.25, 0.3) is 0 Å². The number of hydrogen-bond donors (Lipinski definition) is 2. The molecule has 0 saturated heterocycles. The number of phenolic OH excluding ortho intramolecular Hbond substituents is 1. The Balaban J connectivity index is 1.79. The number of carbonyl (C=O) groups is 1. The molecule has 0 aliphatic carbocycles. The van der Waals surface area contributed by atoms with E-state index in [1.54, 1.807) is 0 Å². The average molecular weight is 338 g/mol. The Bertz CT molecular complexity index is 676. The van der Waals surface area contributed by atoms with E-state index in [2.05, 4.69) is 5.32 Å². The molecule has 6 heteroatoms. The van der Waals surface area contributed by atoms with Crippen molar-refractivity contribution >= 4 is 28.3 Å². The van der Waals surface area contributed by atoms with E-state index in [0.717, 1.165) is 5.56 Å². The predicted octanol–water partition coefficient (Wildman–Crippen LogP) is 2.72. The van der Waals surface area contributed by atoms with Gasteiger partial charge in [0.2, 0.25) is 0 Å². The molecule has 0 aliphatic rings. The van der Waals surface area contributed by atoms with Crippen LogP contribution in [0.15, 0.2) is 48.5 Å². The third-order valence-electron chi connectivity index (χ3n) is 3.00. The first-order valence-electron chi connectivity index (χ1n) is 6.72. The first-order valence-corrected chi connectivity index (χ1v) is 8.58. The van der Waals surface area contributed by atoms with Crippen LogP contribution in [0.1, 0.15) is 15.9 Å². The van der Waals surface area contributed by atoms with E-state index in [1.807, 2.05) is 30.3 Å².